The van der Waals surface area contributed by atoms with E-state index in [1.165, 1.54) is 19.2 Å². The van der Waals surface area contributed by atoms with Crippen LogP contribution in [0, 0.1) is 10.1 Å². The van der Waals surface area contributed by atoms with Gasteiger partial charge in [0.05, 0.1) is 26.4 Å². The summed E-state index contributed by atoms with van der Waals surface area (Å²) in [7, 11) is -2.50. The van der Waals surface area contributed by atoms with Gasteiger partial charge in [0.2, 0.25) is 10.0 Å². The highest BCUT2D eigenvalue weighted by Crippen LogP contribution is 2.35. The highest BCUT2D eigenvalue weighted by atomic mass is 32.2. The van der Waals surface area contributed by atoms with Crippen molar-refractivity contribution < 1.29 is 13.3 Å². The van der Waals surface area contributed by atoms with E-state index in [0.717, 1.165) is 23.3 Å². The standard InChI is InChI=1S/C14H12N4O4S2/c1-15-24(21,22)11-5-6-13(12(8-11)18(19)20)23-14-16-9-10-4-2-3-7-17(10)14/h2-9,15H,1H3. The molecule has 0 unspecified atom stereocenters. The summed E-state index contributed by atoms with van der Waals surface area (Å²) in [4.78, 5) is 15.1. The van der Waals surface area contributed by atoms with Crippen molar-refractivity contribution in [1.82, 2.24) is 14.1 Å². The number of nitrogens with zero attached hydrogens (tertiary/aromatic N) is 3. The number of benzene rings is 1. The number of hydrogen-bond donors (Lipinski definition) is 1. The number of pyridine rings is 1. The number of nitrogens with one attached hydrogen (secondary N) is 1. The van der Waals surface area contributed by atoms with E-state index in [0.29, 0.717) is 10.1 Å². The van der Waals surface area contributed by atoms with Gasteiger partial charge in [-0.15, -0.1) is 0 Å². The second-order valence-electron chi connectivity index (χ2n) is 4.73. The van der Waals surface area contributed by atoms with Crippen LogP contribution in [0.3, 0.4) is 0 Å². The van der Waals surface area contributed by atoms with Crippen molar-refractivity contribution in [3.8, 4) is 0 Å². The van der Waals surface area contributed by atoms with Crippen LogP contribution in [0.5, 0.6) is 0 Å². The molecule has 24 heavy (non-hydrogen) atoms. The molecule has 0 saturated carbocycles. The van der Waals surface area contributed by atoms with Crippen molar-refractivity contribution in [3.63, 3.8) is 0 Å². The first-order chi connectivity index (χ1) is 11.4. The van der Waals surface area contributed by atoms with E-state index in [-0.39, 0.29) is 10.6 Å². The number of imidazole rings is 1. The Bertz CT molecular complexity index is 1030. The first-order valence-corrected chi connectivity index (χ1v) is 9.04. The molecule has 0 aliphatic rings. The molecule has 0 amide bonds. The molecule has 8 nitrogen and oxygen atoms in total. The topological polar surface area (TPSA) is 107 Å². The summed E-state index contributed by atoms with van der Waals surface area (Å²) in [6.45, 7) is 0. The Morgan fingerprint density at radius 3 is 2.79 bits per heavy atom. The van der Waals surface area contributed by atoms with E-state index < -0.39 is 14.9 Å². The quantitative estimate of drug-likeness (QED) is 0.550. The van der Waals surface area contributed by atoms with Crippen molar-refractivity contribution in [3.05, 3.63) is 58.9 Å². The fraction of sp³-hybridized carbons (Fsp3) is 0.0714. The van der Waals surface area contributed by atoms with E-state index in [4.69, 9.17) is 0 Å². The number of sulfonamides is 1. The Morgan fingerprint density at radius 2 is 2.08 bits per heavy atom. The predicted octanol–water partition coefficient (Wildman–Crippen LogP) is 2.30. The number of rotatable bonds is 5. The largest absolute Gasteiger partial charge is 0.295 e. The summed E-state index contributed by atoms with van der Waals surface area (Å²) in [6.07, 6.45) is 3.46. The second-order valence-corrected chi connectivity index (χ2v) is 7.63. The van der Waals surface area contributed by atoms with Gasteiger partial charge in [0.25, 0.3) is 5.69 Å². The van der Waals surface area contributed by atoms with Gasteiger partial charge < -0.3 is 0 Å². The number of nitro benzene ring substituents is 1. The second kappa shape index (κ2) is 6.23. The molecule has 124 valence electrons. The minimum Gasteiger partial charge on any atom is -0.295 e. The lowest BCUT2D eigenvalue weighted by Crippen LogP contribution is -2.18. The van der Waals surface area contributed by atoms with E-state index >= 15 is 0 Å². The summed E-state index contributed by atoms with van der Waals surface area (Å²) < 4.78 is 27.6. The molecule has 2 heterocycles. The SMILES string of the molecule is CNS(=O)(=O)c1ccc(Sc2ncc3ccccn23)c([N+](=O)[O-])c1. The molecule has 3 aromatic rings. The number of aromatic nitrogens is 2. The molecular weight excluding hydrogens is 352 g/mol. The lowest BCUT2D eigenvalue weighted by Gasteiger charge is -2.06. The lowest BCUT2D eigenvalue weighted by molar-refractivity contribution is -0.388. The minimum atomic E-state index is -3.75. The molecule has 0 saturated heterocycles. The van der Waals surface area contributed by atoms with Gasteiger partial charge in [-0.25, -0.2) is 18.1 Å². The fourth-order valence-corrected chi connectivity index (χ4v) is 3.79. The zero-order valence-electron chi connectivity index (χ0n) is 12.4. The molecule has 0 fully saturated rings. The van der Waals surface area contributed by atoms with Gasteiger partial charge in [-0.3, -0.25) is 14.5 Å². The summed E-state index contributed by atoms with van der Waals surface area (Å²) >= 11 is 1.10. The first kappa shape index (κ1) is 16.4. The molecule has 0 aliphatic heterocycles. The number of hydrogen-bond acceptors (Lipinski definition) is 6. The average Bonchev–Trinajstić information content (AvgIpc) is 2.98. The Labute approximate surface area is 141 Å². The van der Waals surface area contributed by atoms with Gasteiger partial charge in [-0.05, 0) is 43.1 Å². The smallest absolute Gasteiger partial charge is 0.284 e. The van der Waals surface area contributed by atoms with Crippen LogP contribution in [0.2, 0.25) is 0 Å². The Hall–Kier alpha value is -2.43. The van der Waals surface area contributed by atoms with Crippen LogP contribution < -0.4 is 4.72 Å². The molecule has 3 rings (SSSR count). The zero-order chi connectivity index (χ0) is 17.3. The van der Waals surface area contributed by atoms with Crippen molar-refractivity contribution in [1.29, 1.82) is 0 Å². The molecule has 2 aromatic heterocycles. The average molecular weight is 364 g/mol. The predicted molar refractivity (Wildman–Crippen MR) is 88.7 cm³/mol. The Morgan fingerprint density at radius 1 is 1.29 bits per heavy atom. The summed E-state index contributed by atoms with van der Waals surface area (Å²) in [5.41, 5.74) is 0.570. The number of fused-ring (bicyclic) bond motifs is 1. The first-order valence-electron chi connectivity index (χ1n) is 6.74. The molecule has 1 N–H and O–H groups in total. The Kier molecular flexibility index (Phi) is 4.26. The van der Waals surface area contributed by atoms with Crippen LogP contribution >= 0.6 is 11.8 Å². The molecule has 0 atom stereocenters. The van der Waals surface area contributed by atoms with Crippen molar-refractivity contribution in [2.24, 2.45) is 0 Å². The van der Waals surface area contributed by atoms with Crippen LogP contribution in [0.1, 0.15) is 0 Å². The van der Waals surface area contributed by atoms with Crippen molar-refractivity contribution >= 4 is 33.0 Å². The van der Waals surface area contributed by atoms with Crippen LogP contribution in [-0.4, -0.2) is 29.8 Å². The zero-order valence-corrected chi connectivity index (χ0v) is 14.0. The van der Waals surface area contributed by atoms with E-state index in [1.807, 2.05) is 18.2 Å². The molecule has 10 heteroatoms. The summed E-state index contributed by atoms with van der Waals surface area (Å²) in [6, 6.07) is 9.35. The minimum absolute atomic E-state index is 0.158. The van der Waals surface area contributed by atoms with Crippen LogP contribution in [0.15, 0.2) is 63.7 Å². The van der Waals surface area contributed by atoms with Crippen LogP contribution in [0.25, 0.3) is 5.52 Å². The molecule has 0 spiro atoms. The third-order valence-electron chi connectivity index (χ3n) is 3.31. The summed E-state index contributed by atoms with van der Waals surface area (Å²) in [5, 5.41) is 11.9. The lowest BCUT2D eigenvalue weighted by atomic mass is 10.3. The molecular formula is C14H12N4O4S2. The normalized spacial score (nSPS) is 11.7. The van der Waals surface area contributed by atoms with Gasteiger partial charge >= 0.3 is 0 Å². The monoisotopic (exact) mass is 364 g/mol. The van der Waals surface area contributed by atoms with Crippen molar-refractivity contribution in [2.45, 2.75) is 14.9 Å². The van der Waals surface area contributed by atoms with Gasteiger partial charge in [-0.2, -0.15) is 0 Å². The van der Waals surface area contributed by atoms with E-state index in [9.17, 15) is 18.5 Å². The highest BCUT2D eigenvalue weighted by molar-refractivity contribution is 7.99. The highest BCUT2D eigenvalue weighted by Gasteiger charge is 2.22. The fourth-order valence-electron chi connectivity index (χ4n) is 2.10. The maximum Gasteiger partial charge on any atom is 0.284 e. The van der Waals surface area contributed by atoms with Gasteiger partial charge in [0.15, 0.2) is 5.16 Å². The van der Waals surface area contributed by atoms with Crippen LogP contribution in [0.4, 0.5) is 5.69 Å². The van der Waals surface area contributed by atoms with Crippen molar-refractivity contribution in [2.75, 3.05) is 7.05 Å². The third-order valence-corrected chi connectivity index (χ3v) is 5.77. The molecule has 0 aliphatic carbocycles. The van der Waals surface area contributed by atoms with Gasteiger partial charge in [0, 0.05) is 12.3 Å². The molecule has 0 bridgehead atoms. The van der Waals surface area contributed by atoms with E-state index in [2.05, 4.69) is 9.71 Å². The Balaban J connectivity index is 2.06. The van der Waals surface area contributed by atoms with Gasteiger partial charge in [0.1, 0.15) is 0 Å². The van der Waals surface area contributed by atoms with E-state index in [1.54, 1.807) is 16.8 Å². The van der Waals surface area contributed by atoms with Gasteiger partial charge in [-0.1, -0.05) is 6.07 Å². The van der Waals surface area contributed by atoms with Crippen LogP contribution in [-0.2, 0) is 10.0 Å². The third kappa shape index (κ3) is 2.98. The number of nitro groups is 1. The maximum atomic E-state index is 11.8. The maximum absolute atomic E-state index is 11.8. The molecule has 1 aromatic carbocycles. The summed E-state index contributed by atoms with van der Waals surface area (Å²) in [5.74, 6) is 0. The molecule has 0 radical (unpaired) electrons.